The summed E-state index contributed by atoms with van der Waals surface area (Å²) in [5.74, 6) is 0. The van der Waals surface area contributed by atoms with Gasteiger partial charge in [-0.2, -0.15) is 0 Å². The van der Waals surface area contributed by atoms with E-state index in [1.807, 2.05) is 39.0 Å². The number of aryl methyl sites for hydroxylation is 2. The van der Waals surface area contributed by atoms with Crippen molar-refractivity contribution in [3.63, 3.8) is 0 Å². The minimum absolute atomic E-state index is 0.0898. The summed E-state index contributed by atoms with van der Waals surface area (Å²) in [6.07, 6.45) is 0.582. The highest BCUT2D eigenvalue weighted by Crippen LogP contribution is 2.21. The van der Waals surface area contributed by atoms with Crippen LogP contribution in [0.3, 0.4) is 0 Å². The Kier molecular flexibility index (Phi) is 7.19. The van der Waals surface area contributed by atoms with Crippen LogP contribution in [0.2, 0.25) is 0 Å². The molecule has 5 heteroatoms. The molecule has 5 nitrogen and oxygen atoms in total. The van der Waals surface area contributed by atoms with E-state index in [2.05, 4.69) is 10.6 Å². The second-order valence-electron chi connectivity index (χ2n) is 5.31. The van der Waals surface area contributed by atoms with E-state index in [1.165, 1.54) is 0 Å². The summed E-state index contributed by atoms with van der Waals surface area (Å²) < 4.78 is 4.95. The smallest absolute Gasteiger partial charge is 0.315 e. The Morgan fingerprint density at radius 3 is 2.43 bits per heavy atom. The van der Waals surface area contributed by atoms with Gasteiger partial charge in [-0.3, -0.25) is 0 Å². The van der Waals surface area contributed by atoms with E-state index >= 15 is 0 Å². The number of aliphatic hydroxyl groups is 1. The van der Waals surface area contributed by atoms with Crippen molar-refractivity contribution in [2.24, 2.45) is 0 Å². The van der Waals surface area contributed by atoms with Crippen LogP contribution in [0.4, 0.5) is 4.79 Å². The Bertz CT molecular complexity index is 443. The van der Waals surface area contributed by atoms with E-state index in [-0.39, 0.29) is 24.7 Å². The summed E-state index contributed by atoms with van der Waals surface area (Å²) in [6.45, 7) is 6.42. The highest BCUT2D eigenvalue weighted by atomic mass is 16.5. The molecule has 1 aromatic rings. The lowest BCUT2D eigenvalue weighted by molar-refractivity contribution is 0.159. The molecule has 0 spiro atoms. The van der Waals surface area contributed by atoms with Crippen LogP contribution in [0.5, 0.6) is 0 Å². The summed E-state index contributed by atoms with van der Waals surface area (Å²) in [6, 6.07) is 5.41. The molecule has 0 saturated heterocycles. The number of amides is 2. The maximum Gasteiger partial charge on any atom is 0.315 e. The molecular weight excluding hydrogens is 268 g/mol. The number of rotatable bonds is 7. The highest BCUT2D eigenvalue weighted by Gasteiger charge is 2.16. The van der Waals surface area contributed by atoms with Crippen molar-refractivity contribution < 1.29 is 14.6 Å². The van der Waals surface area contributed by atoms with Crippen molar-refractivity contribution in [1.29, 1.82) is 0 Å². The average Bonchev–Trinajstić information content (AvgIpc) is 2.43. The van der Waals surface area contributed by atoms with Gasteiger partial charge in [-0.05, 0) is 43.9 Å². The maximum atomic E-state index is 12.0. The Hall–Kier alpha value is -1.59. The van der Waals surface area contributed by atoms with Crippen LogP contribution in [-0.2, 0) is 4.74 Å². The molecule has 0 fully saturated rings. The van der Waals surface area contributed by atoms with E-state index in [0.717, 1.165) is 16.7 Å². The van der Waals surface area contributed by atoms with Gasteiger partial charge in [0.15, 0.2) is 0 Å². The SMILES string of the molecule is COCC[C@H](CO)NC(=O)N[C@@H](C)c1c(C)cccc1C. The van der Waals surface area contributed by atoms with Crippen LogP contribution in [0.15, 0.2) is 18.2 Å². The molecule has 2 atom stereocenters. The second kappa shape index (κ2) is 8.64. The largest absolute Gasteiger partial charge is 0.394 e. The number of methoxy groups -OCH3 is 1. The number of hydrogen-bond donors (Lipinski definition) is 3. The molecule has 1 aromatic carbocycles. The van der Waals surface area contributed by atoms with Crippen molar-refractivity contribution in [3.8, 4) is 0 Å². The van der Waals surface area contributed by atoms with Gasteiger partial charge in [-0.25, -0.2) is 4.79 Å². The first-order valence-electron chi connectivity index (χ1n) is 7.22. The van der Waals surface area contributed by atoms with Gasteiger partial charge in [0.25, 0.3) is 0 Å². The number of aliphatic hydroxyl groups excluding tert-OH is 1. The first kappa shape index (κ1) is 17.5. The third-order valence-corrected chi connectivity index (χ3v) is 3.55. The third kappa shape index (κ3) is 5.36. The molecule has 2 amide bonds. The predicted molar refractivity (Wildman–Crippen MR) is 83.4 cm³/mol. The minimum Gasteiger partial charge on any atom is -0.394 e. The fraction of sp³-hybridized carbons (Fsp3) is 0.562. The molecule has 0 radical (unpaired) electrons. The topological polar surface area (TPSA) is 70.6 Å². The fourth-order valence-corrected chi connectivity index (χ4v) is 2.48. The van der Waals surface area contributed by atoms with Gasteiger partial charge >= 0.3 is 6.03 Å². The molecule has 0 saturated carbocycles. The lowest BCUT2D eigenvalue weighted by Crippen LogP contribution is -2.45. The van der Waals surface area contributed by atoms with Gasteiger partial charge in [-0.15, -0.1) is 0 Å². The van der Waals surface area contributed by atoms with Gasteiger partial charge in [-0.1, -0.05) is 18.2 Å². The molecule has 118 valence electrons. The zero-order valence-electron chi connectivity index (χ0n) is 13.3. The van der Waals surface area contributed by atoms with Gasteiger partial charge in [0.2, 0.25) is 0 Å². The summed E-state index contributed by atoms with van der Waals surface area (Å²) in [4.78, 5) is 12.0. The molecule has 1 rings (SSSR count). The Balaban J connectivity index is 2.61. The normalized spacial score (nSPS) is 13.6. The van der Waals surface area contributed by atoms with Gasteiger partial charge < -0.3 is 20.5 Å². The molecular formula is C16H26N2O3. The molecule has 21 heavy (non-hydrogen) atoms. The molecule has 3 N–H and O–H groups in total. The predicted octanol–water partition coefficient (Wildman–Crippen LogP) is 2.06. The molecule has 0 aliphatic rings. The lowest BCUT2D eigenvalue weighted by Gasteiger charge is -2.22. The molecule has 0 aromatic heterocycles. The Morgan fingerprint density at radius 1 is 1.29 bits per heavy atom. The fourth-order valence-electron chi connectivity index (χ4n) is 2.48. The number of benzene rings is 1. The molecule has 0 bridgehead atoms. The lowest BCUT2D eigenvalue weighted by atomic mass is 9.97. The zero-order chi connectivity index (χ0) is 15.8. The van der Waals surface area contributed by atoms with Crippen molar-refractivity contribution in [2.75, 3.05) is 20.3 Å². The van der Waals surface area contributed by atoms with Gasteiger partial charge in [0.05, 0.1) is 18.7 Å². The summed E-state index contributed by atoms with van der Waals surface area (Å²) in [5, 5.41) is 14.9. The van der Waals surface area contributed by atoms with Crippen molar-refractivity contribution in [1.82, 2.24) is 10.6 Å². The van der Waals surface area contributed by atoms with E-state index < -0.39 is 0 Å². The standard InChI is InChI=1S/C16H26N2O3/c1-11-6-5-7-12(2)15(11)13(3)17-16(20)18-14(10-19)8-9-21-4/h5-7,13-14,19H,8-10H2,1-4H3,(H2,17,18,20)/t13-,14+/m0/s1. The van der Waals surface area contributed by atoms with Crippen molar-refractivity contribution in [2.45, 2.75) is 39.3 Å². The number of urea groups is 1. The van der Waals surface area contributed by atoms with Crippen LogP contribution in [0, 0.1) is 13.8 Å². The van der Waals surface area contributed by atoms with Crippen LogP contribution < -0.4 is 10.6 Å². The molecule has 0 aliphatic heterocycles. The quantitative estimate of drug-likeness (QED) is 0.721. The van der Waals surface area contributed by atoms with Crippen LogP contribution in [-0.4, -0.2) is 37.5 Å². The molecule has 0 aliphatic carbocycles. The monoisotopic (exact) mass is 294 g/mol. The minimum atomic E-state index is -0.296. The zero-order valence-corrected chi connectivity index (χ0v) is 13.3. The van der Waals surface area contributed by atoms with Gasteiger partial charge in [0.1, 0.15) is 0 Å². The van der Waals surface area contributed by atoms with Crippen LogP contribution >= 0.6 is 0 Å². The highest BCUT2D eigenvalue weighted by molar-refractivity contribution is 5.74. The maximum absolute atomic E-state index is 12.0. The van der Waals surface area contributed by atoms with E-state index in [9.17, 15) is 9.90 Å². The number of carbonyl (C=O) groups is 1. The van der Waals surface area contributed by atoms with Crippen molar-refractivity contribution in [3.05, 3.63) is 34.9 Å². The number of ether oxygens (including phenoxy) is 1. The number of carbonyl (C=O) groups excluding carboxylic acids is 1. The van der Waals surface area contributed by atoms with E-state index in [0.29, 0.717) is 13.0 Å². The first-order chi connectivity index (χ1) is 9.99. The summed E-state index contributed by atoms with van der Waals surface area (Å²) >= 11 is 0. The number of nitrogens with one attached hydrogen (secondary N) is 2. The summed E-state index contributed by atoms with van der Waals surface area (Å²) in [5.41, 5.74) is 3.44. The van der Waals surface area contributed by atoms with E-state index in [1.54, 1.807) is 7.11 Å². The first-order valence-corrected chi connectivity index (χ1v) is 7.22. The summed E-state index contributed by atoms with van der Waals surface area (Å²) in [7, 11) is 1.59. The molecule has 0 heterocycles. The van der Waals surface area contributed by atoms with Crippen molar-refractivity contribution >= 4 is 6.03 Å². The Labute approximate surface area is 126 Å². The third-order valence-electron chi connectivity index (χ3n) is 3.55. The molecule has 0 unspecified atom stereocenters. The van der Waals surface area contributed by atoms with E-state index in [4.69, 9.17) is 4.74 Å². The van der Waals surface area contributed by atoms with Crippen LogP contribution in [0.25, 0.3) is 0 Å². The number of hydrogen-bond acceptors (Lipinski definition) is 3. The second-order valence-corrected chi connectivity index (χ2v) is 5.31. The average molecular weight is 294 g/mol. The van der Waals surface area contributed by atoms with Crippen LogP contribution in [0.1, 0.15) is 36.1 Å². The van der Waals surface area contributed by atoms with Gasteiger partial charge in [0, 0.05) is 13.7 Å². The Morgan fingerprint density at radius 2 is 1.90 bits per heavy atom.